The van der Waals surface area contributed by atoms with Gasteiger partial charge in [-0.25, -0.2) is 4.98 Å². The molecule has 0 radical (unpaired) electrons. The van der Waals surface area contributed by atoms with Crippen molar-refractivity contribution < 1.29 is 9.59 Å². The maximum atomic E-state index is 12.4. The van der Waals surface area contributed by atoms with Gasteiger partial charge < -0.3 is 10.6 Å². The number of thiazole rings is 1. The zero-order valence-corrected chi connectivity index (χ0v) is 16.8. The van der Waals surface area contributed by atoms with Gasteiger partial charge in [0.2, 0.25) is 11.8 Å². The predicted octanol–water partition coefficient (Wildman–Crippen LogP) is 4.51. The fourth-order valence-corrected chi connectivity index (χ4v) is 3.44. The van der Waals surface area contributed by atoms with Gasteiger partial charge in [0.05, 0.1) is 17.1 Å². The molecule has 5 nitrogen and oxygen atoms in total. The second-order valence-electron chi connectivity index (χ2n) is 6.84. The highest BCUT2D eigenvalue weighted by Gasteiger charge is 2.10. The van der Waals surface area contributed by atoms with Gasteiger partial charge in [-0.2, -0.15) is 0 Å². The second kappa shape index (κ2) is 9.28. The lowest BCUT2D eigenvalue weighted by Crippen LogP contribution is -2.18. The maximum absolute atomic E-state index is 12.4. The number of hydrogen-bond donors (Lipinski definition) is 2. The first-order valence-corrected chi connectivity index (χ1v) is 10.1. The van der Waals surface area contributed by atoms with Crippen LogP contribution in [0.5, 0.6) is 0 Å². The molecule has 0 unspecified atom stereocenters. The Bertz CT molecular complexity index is 951. The molecular weight excluding hydrogens is 370 g/mol. The summed E-state index contributed by atoms with van der Waals surface area (Å²) in [6, 6.07) is 17.3. The monoisotopic (exact) mass is 393 g/mol. The minimum atomic E-state index is -0.135. The summed E-state index contributed by atoms with van der Waals surface area (Å²) in [4.78, 5) is 28.7. The summed E-state index contributed by atoms with van der Waals surface area (Å²) in [7, 11) is 0. The van der Waals surface area contributed by atoms with Crippen molar-refractivity contribution in [2.45, 2.75) is 26.7 Å². The summed E-state index contributed by atoms with van der Waals surface area (Å²) in [6.07, 6.45) is 0.985. The van der Waals surface area contributed by atoms with Gasteiger partial charge in [0.15, 0.2) is 0 Å². The topological polar surface area (TPSA) is 71.1 Å². The van der Waals surface area contributed by atoms with Gasteiger partial charge >= 0.3 is 0 Å². The molecule has 144 valence electrons. The summed E-state index contributed by atoms with van der Waals surface area (Å²) in [5.41, 5.74) is 3.27. The molecule has 1 heterocycles. The number of amides is 2. The Morgan fingerprint density at radius 3 is 2.43 bits per heavy atom. The predicted molar refractivity (Wildman–Crippen MR) is 114 cm³/mol. The number of carbonyl (C=O) groups is 2. The van der Waals surface area contributed by atoms with E-state index in [4.69, 9.17) is 0 Å². The van der Waals surface area contributed by atoms with Crippen LogP contribution in [0.25, 0.3) is 0 Å². The molecule has 0 saturated carbocycles. The molecule has 6 heteroatoms. The van der Waals surface area contributed by atoms with E-state index in [1.54, 1.807) is 35.6 Å². The summed E-state index contributed by atoms with van der Waals surface area (Å²) in [5.74, 6) is -0.297. The molecule has 0 saturated heterocycles. The van der Waals surface area contributed by atoms with Crippen LogP contribution in [-0.2, 0) is 22.4 Å². The normalized spacial score (nSPS) is 10.7. The van der Waals surface area contributed by atoms with Crippen molar-refractivity contribution in [3.05, 3.63) is 76.2 Å². The van der Waals surface area contributed by atoms with Crippen LogP contribution in [0.1, 0.15) is 30.1 Å². The number of benzene rings is 2. The Balaban J connectivity index is 1.56. The minimum Gasteiger partial charge on any atom is -0.326 e. The third kappa shape index (κ3) is 5.76. The van der Waals surface area contributed by atoms with Crippen molar-refractivity contribution >= 4 is 34.5 Å². The number of nitrogens with zero attached hydrogens (tertiary/aromatic N) is 1. The van der Waals surface area contributed by atoms with E-state index in [9.17, 15) is 9.59 Å². The van der Waals surface area contributed by atoms with E-state index in [0.29, 0.717) is 11.4 Å². The summed E-state index contributed by atoms with van der Waals surface area (Å²) < 4.78 is 0. The van der Waals surface area contributed by atoms with Gasteiger partial charge in [0.25, 0.3) is 0 Å². The molecule has 0 aliphatic carbocycles. The lowest BCUT2D eigenvalue weighted by Gasteiger charge is -2.10. The molecule has 3 aromatic rings. The first-order valence-electron chi connectivity index (χ1n) is 9.17. The van der Waals surface area contributed by atoms with E-state index in [-0.39, 0.29) is 24.2 Å². The average Bonchev–Trinajstić information content (AvgIpc) is 3.09. The van der Waals surface area contributed by atoms with E-state index < -0.39 is 0 Å². The van der Waals surface area contributed by atoms with Gasteiger partial charge in [0.1, 0.15) is 0 Å². The van der Waals surface area contributed by atoms with Crippen molar-refractivity contribution in [2.75, 3.05) is 10.6 Å². The van der Waals surface area contributed by atoms with Crippen molar-refractivity contribution in [3.8, 4) is 0 Å². The fraction of sp³-hybridized carbons (Fsp3) is 0.227. The Hall–Kier alpha value is -2.99. The second-order valence-corrected chi connectivity index (χ2v) is 7.79. The highest BCUT2D eigenvalue weighted by Crippen LogP contribution is 2.18. The van der Waals surface area contributed by atoms with Crippen LogP contribution in [0.15, 0.2) is 60.0 Å². The number of aromatic nitrogens is 1. The van der Waals surface area contributed by atoms with Crippen molar-refractivity contribution in [2.24, 2.45) is 5.92 Å². The van der Waals surface area contributed by atoms with Crippen LogP contribution in [-0.4, -0.2) is 16.8 Å². The molecule has 0 atom stereocenters. The average molecular weight is 394 g/mol. The molecule has 0 aliphatic heterocycles. The van der Waals surface area contributed by atoms with Gasteiger partial charge in [0, 0.05) is 29.1 Å². The smallest absolute Gasteiger partial charge is 0.230 e. The first kappa shape index (κ1) is 19.8. The zero-order chi connectivity index (χ0) is 19.9. The van der Waals surface area contributed by atoms with Crippen molar-refractivity contribution in [1.29, 1.82) is 0 Å². The molecule has 2 amide bonds. The van der Waals surface area contributed by atoms with Crippen molar-refractivity contribution in [3.63, 3.8) is 0 Å². The summed E-state index contributed by atoms with van der Waals surface area (Å²) in [5, 5.41) is 8.62. The molecule has 0 fully saturated rings. The van der Waals surface area contributed by atoms with E-state index >= 15 is 0 Å². The van der Waals surface area contributed by atoms with Gasteiger partial charge in [-0.1, -0.05) is 50.2 Å². The summed E-state index contributed by atoms with van der Waals surface area (Å²) in [6.45, 7) is 3.67. The molecule has 2 aromatic carbocycles. The van der Waals surface area contributed by atoms with E-state index in [1.165, 1.54) is 5.56 Å². The lowest BCUT2D eigenvalue weighted by atomic mass is 10.2. The number of rotatable bonds is 7. The summed E-state index contributed by atoms with van der Waals surface area (Å²) >= 11 is 1.57. The Labute approximate surface area is 168 Å². The third-order valence-corrected chi connectivity index (χ3v) is 4.98. The molecular formula is C22H23N3O2S. The lowest BCUT2D eigenvalue weighted by molar-refractivity contribution is -0.119. The van der Waals surface area contributed by atoms with Gasteiger partial charge in [-0.15, -0.1) is 11.3 Å². The van der Waals surface area contributed by atoms with Gasteiger partial charge in [-0.3, -0.25) is 9.59 Å². The van der Waals surface area contributed by atoms with Crippen LogP contribution >= 0.6 is 11.3 Å². The molecule has 0 spiro atoms. The van der Waals surface area contributed by atoms with Crippen LogP contribution < -0.4 is 10.6 Å². The fourth-order valence-electron chi connectivity index (χ4n) is 2.61. The molecule has 28 heavy (non-hydrogen) atoms. The molecule has 0 bridgehead atoms. The number of carbonyl (C=O) groups excluding carboxylic acids is 2. The Morgan fingerprint density at radius 2 is 1.71 bits per heavy atom. The van der Waals surface area contributed by atoms with Crippen LogP contribution in [0, 0.1) is 5.92 Å². The molecule has 0 aliphatic rings. The van der Waals surface area contributed by atoms with Gasteiger partial charge in [-0.05, 0) is 23.8 Å². The molecule has 2 N–H and O–H groups in total. The highest BCUT2D eigenvalue weighted by atomic mass is 32.1. The standard InChI is InChI=1S/C22H23N3O2S/c1-15(2)22(27)25-18-10-6-9-17(12-18)23-20(26)13-19-14-28-21(24-19)11-16-7-4-3-5-8-16/h3-10,12,14-15H,11,13H2,1-2H3,(H,23,26)(H,25,27). The Morgan fingerprint density at radius 1 is 1.00 bits per heavy atom. The van der Waals surface area contributed by atoms with Crippen LogP contribution in [0.4, 0.5) is 11.4 Å². The van der Waals surface area contributed by atoms with E-state index in [2.05, 4.69) is 27.8 Å². The third-order valence-electron chi connectivity index (χ3n) is 4.08. The van der Waals surface area contributed by atoms with Crippen LogP contribution in [0.3, 0.4) is 0 Å². The largest absolute Gasteiger partial charge is 0.326 e. The molecule has 3 rings (SSSR count). The van der Waals surface area contributed by atoms with E-state index in [0.717, 1.165) is 17.1 Å². The van der Waals surface area contributed by atoms with Crippen LogP contribution in [0.2, 0.25) is 0 Å². The minimum absolute atomic E-state index is 0.0584. The highest BCUT2D eigenvalue weighted by molar-refractivity contribution is 7.09. The maximum Gasteiger partial charge on any atom is 0.230 e. The number of anilines is 2. The molecule has 1 aromatic heterocycles. The number of hydrogen-bond acceptors (Lipinski definition) is 4. The quantitative estimate of drug-likeness (QED) is 0.620. The first-order chi connectivity index (χ1) is 13.5. The number of nitrogens with one attached hydrogen (secondary N) is 2. The SMILES string of the molecule is CC(C)C(=O)Nc1cccc(NC(=O)Cc2csc(Cc3ccccc3)n2)c1. The van der Waals surface area contributed by atoms with Crippen molar-refractivity contribution in [1.82, 2.24) is 4.98 Å². The zero-order valence-electron chi connectivity index (χ0n) is 15.9. The van der Waals surface area contributed by atoms with E-state index in [1.807, 2.05) is 37.4 Å². The Kier molecular flexibility index (Phi) is 6.55.